The summed E-state index contributed by atoms with van der Waals surface area (Å²) < 4.78 is 1.82. The van der Waals surface area contributed by atoms with Gasteiger partial charge in [0, 0.05) is 16.8 Å². The molecule has 0 bridgehead atoms. The van der Waals surface area contributed by atoms with Crippen molar-refractivity contribution in [1.82, 2.24) is 14.6 Å². The topological polar surface area (TPSA) is 30.2 Å². The highest BCUT2D eigenvalue weighted by molar-refractivity contribution is 6.34. The molecule has 0 amide bonds. The summed E-state index contributed by atoms with van der Waals surface area (Å²) in [5.41, 5.74) is 3.61. The van der Waals surface area contributed by atoms with E-state index in [1.165, 1.54) is 0 Å². The third-order valence-electron chi connectivity index (χ3n) is 2.55. The van der Waals surface area contributed by atoms with E-state index in [9.17, 15) is 0 Å². The van der Waals surface area contributed by atoms with Crippen molar-refractivity contribution >= 4 is 17.2 Å². The maximum absolute atomic E-state index is 6.34. The maximum Gasteiger partial charge on any atom is 0.174 e. The second-order valence-corrected chi connectivity index (χ2v) is 5.56. The van der Waals surface area contributed by atoms with Gasteiger partial charge in [0.15, 0.2) is 5.65 Å². The molecular formula is C12H16ClN3. The number of hydrogen-bond donors (Lipinski definition) is 0. The Labute approximate surface area is 100 Å². The van der Waals surface area contributed by atoms with Crippen molar-refractivity contribution in [1.29, 1.82) is 0 Å². The van der Waals surface area contributed by atoms with E-state index in [1.54, 1.807) is 0 Å². The van der Waals surface area contributed by atoms with Crippen molar-refractivity contribution in [2.75, 3.05) is 0 Å². The zero-order valence-electron chi connectivity index (χ0n) is 10.3. The van der Waals surface area contributed by atoms with Gasteiger partial charge < -0.3 is 0 Å². The SMILES string of the molecule is Cc1cc(C)n2nc(C(C)(C)C)c(Cl)c2n1. The zero-order chi connectivity index (χ0) is 12.1. The van der Waals surface area contributed by atoms with E-state index in [0.29, 0.717) is 5.02 Å². The largest absolute Gasteiger partial charge is 0.232 e. The monoisotopic (exact) mass is 237 g/mol. The molecule has 0 aliphatic heterocycles. The highest BCUT2D eigenvalue weighted by Gasteiger charge is 2.24. The fourth-order valence-corrected chi connectivity index (χ4v) is 2.22. The third-order valence-corrected chi connectivity index (χ3v) is 2.90. The van der Waals surface area contributed by atoms with Crippen LogP contribution in [-0.4, -0.2) is 14.6 Å². The first kappa shape index (κ1) is 11.4. The molecule has 0 aromatic carbocycles. The molecule has 2 aromatic rings. The summed E-state index contributed by atoms with van der Waals surface area (Å²) in [5.74, 6) is 0. The van der Waals surface area contributed by atoms with Gasteiger partial charge in [-0.05, 0) is 19.9 Å². The van der Waals surface area contributed by atoms with Crippen LogP contribution in [0.15, 0.2) is 6.07 Å². The number of aromatic nitrogens is 3. The minimum atomic E-state index is -0.0644. The number of fused-ring (bicyclic) bond motifs is 1. The molecule has 0 atom stereocenters. The van der Waals surface area contributed by atoms with Gasteiger partial charge in [0.2, 0.25) is 0 Å². The van der Waals surface area contributed by atoms with Gasteiger partial charge in [-0.1, -0.05) is 32.4 Å². The van der Waals surface area contributed by atoms with Crippen LogP contribution in [0.2, 0.25) is 5.02 Å². The van der Waals surface area contributed by atoms with E-state index < -0.39 is 0 Å². The summed E-state index contributed by atoms with van der Waals surface area (Å²) in [6.45, 7) is 10.3. The van der Waals surface area contributed by atoms with Crippen molar-refractivity contribution in [3.63, 3.8) is 0 Å². The predicted molar refractivity (Wildman–Crippen MR) is 66.2 cm³/mol. The Morgan fingerprint density at radius 1 is 1.25 bits per heavy atom. The number of halogens is 1. The van der Waals surface area contributed by atoms with Crippen LogP contribution < -0.4 is 0 Å². The molecule has 2 aromatic heterocycles. The quantitative estimate of drug-likeness (QED) is 0.704. The van der Waals surface area contributed by atoms with Crippen molar-refractivity contribution in [2.45, 2.75) is 40.0 Å². The lowest BCUT2D eigenvalue weighted by molar-refractivity contribution is 0.562. The molecule has 16 heavy (non-hydrogen) atoms. The lowest BCUT2D eigenvalue weighted by Gasteiger charge is -2.14. The van der Waals surface area contributed by atoms with Gasteiger partial charge in [0.05, 0.1) is 5.69 Å². The van der Waals surface area contributed by atoms with Crippen LogP contribution in [0.25, 0.3) is 5.65 Å². The van der Waals surface area contributed by atoms with Crippen LogP contribution in [0.1, 0.15) is 37.9 Å². The number of hydrogen-bond acceptors (Lipinski definition) is 2. The number of nitrogens with zero attached hydrogens (tertiary/aromatic N) is 3. The molecule has 0 saturated heterocycles. The molecule has 0 aliphatic carbocycles. The summed E-state index contributed by atoms with van der Waals surface area (Å²) in [6, 6.07) is 2.00. The van der Waals surface area contributed by atoms with Crippen molar-refractivity contribution in [3.8, 4) is 0 Å². The van der Waals surface area contributed by atoms with Gasteiger partial charge in [-0.25, -0.2) is 9.50 Å². The first-order valence-corrected chi connectivity index (χ1v) is 5.71. The Bertz CT molecular complexity index is 549. The molecule has 4 heteroatoms. The maximum atomic E-state index is 6.34. The average Bonchev–Trinajstić information content (AvgIpc) is 2.43. The molecule has 0 radical (unpaired) electrons. The molecule has 0 spiro atoms. The minimum Gasteiger partial charge on any atom is -0.232 e. The minimum absolute atomic E-state index is 0.0644. The normalized spacial score (nSPS) is 12.4. The Balaban J connectivity index is 2.83. The molecule has 0 N–H and O–H groups in total. The highest BCUT2D eigenvalue weighted by Crippen LogP contribution is 2.31. The zero-order valence-corrected chi connectivity index (χ0v) is 11.1. The summed E-state index contributed by atoms with van der Waals surface area (Å²) in [5, 5.41) is 5.21. The molecular weight excluding hydrogens is 222 g/mol. The van der Waals surface area contributed by atoms with Gasteiger partial charge >= 0.3 is 0 Å². The summed E-state index contributed by atoms with van der Waals surface area (Å²) in [6.07, 6.45) is 0. The summed E-state index contributed by atoms with van der Waals surface area (Å²) in [4.78, 5) is 4.44. The highest BCUT2D eigenvalue weighted by atomic mass is 35.5. The fraction of sp³-hybridized carbons (Fsp3) is 0.500. The number of rotatable bonds is 0. The molecule has 2 heterocycles. The Morgan fingerprint density at radius 3 is 2.44 bits per heavy atom. The van der Waals surface area contributed by atoms with E-state index in [0.717, 1.165) is 22.7 Å². The van der Waals surface area contributed by atoms with Gasteiger partial charge in [0.1, 0.15) is 5.02 Å². The van der Waals surface area contributed by atoms with E-state index in [-0.39, 0.29) is 5.41 Å². The first-order valence-electron chi connectivity index (χ1n) is 5.33. The second-order valence-electron chi connectivity index (χ2n) is 5.19. The first-order chi connectivity index (χ1) is 7.30. The summed E-state index contributed by atoms with van der Waals surface area (Å²) in [7, 11) is 0. The van der Waals surface area contributed by atoms with Crippen LogP contribution in [0.3, 0.4) is 0 Å². The van der Waals surface area contributed by atoms with Crippen LogP contribution >= 0.6 is 11.6 Å². The molecule has 2 rings (SSSR count). The third kappa shape index (κ3) is 1.69. The van der Waals surface area contributed by atoms with E-state index in [1.807, 2.05) is 24.4 Å². The van der Waals surface area contributed by atoms with Crippen LogP contribution in [0.5, 0.6) is 0 Å². The van der Waals surface area contributed by atoms with Crippen molar-refractivity contribution < 1.29 is 0 Å². The van der Waals surface area contributed by atoms with Gasteiger partial charge in [-0.2, -0.15) is 5.10 Å². The standard InChI is InChI=1S/C12H16ClN3/c1-7-6-8(2)16-11(14-7)9(13)10(15-16)12(3,4)5/h6H,1-5H3. The predicted octanol–water partition coefficient (Wildman–Crippen LogP) is 3.30. The second kappa shape index (κ2) is 3.45. The number of aryl methyl sites for hydroxylation is 2. The Morgan fingerprint density at radius 2 is 1.88 bits per heavy atom. The molecule has 0 unspecified atom stereocenters. The lowest BCUT2D eigenvalue weighted by Crippen LogP contribution is -2.12. The van der Waals surface area contributed by atoms with Gasteiger partial charge in [-0.3, -0.25) is 0 Å². The van der Waals surface area contributed by atoms with E-state index in [2.05, 4.69) is 30.9 Å². The summed E-state index contributed by atoms with van der Waals surface area (Å²) >= 11 is 6.34. The smallest absolute Gasteiger partial charge is 0.174 e. The van der Waals surface area contributed by atoms with Gasteiger partial charge in [0.25, 0.3) is 0 Å². The molecule has 0 aliphatic rings. The van der Waals surface area contributed by atoms with E-state index >= 15 is 0 Å². The van der Waals surface area contributed by atoms with Gasteiger partial charge in [-0.15, -0.1) is 0 Å². The molecule has 86 valence electrons. The van der Waals surface area contributed by atoms with Crippen LogP contribution in [0.4, 0.5) is 0 Å². The Hall–Kier alpha value is -1.09. The Kier molecular flexibility index (Phi) is 2.46. The van der Waals surface area contributed by atoms with Crippen molar-refractivity contribution in [3.05, 3.63) is 28.2 Å². The molecule has 3 nitrogen and oxygen atoms in total. The van der Waals surface area contributed by atoms with Crippen LogP contribution in [-0.2, 0) is 5.41 Å². The molecule has 0 fully saturated rings. The van der Waals surface area contributed by atoms with E-state index in [4.69, 9.17) is 11.6 Å². The van der Waals surface area contributed by atoms with Crippen LogP contribution in [0, 0.1) is 13.8 Å². The average molecular weight is 238 g/mol. The molecule has 0 saturated carbocycles. The van der Waals surface area contributed by atoms with Crippen molar-refractivity contribution in [2.24, 2.45) is 0 Å². The lowest BCUT2D eigenvalue weighted by atomic mass is 9.92. The fourth-order valence-electron chi connectivity index (χ4n) is 1.77.